The van der Waals surface area contributed by atoms with Gasteiger partial charge in [0.1, 0.15) is 11.7 Å². The molecule has 0 bridgehead atoms. The predicted molar refractivity (Wildman–Crippen MR) is 60.5 cm³/mol. The third-order valence-electron chi connectivity index (χ3n) is 2.75. The molecule has 18 heavy (non-hydrogen) atoms. The molecule has 2 unspecified atom stereocenters. The Morgan fingerprint density at radius 3 is 2.78 bits per heavy atom. The number of phosphoric ester groups is 1. The number of unbranched alkanes of at least 4 members (excludes halogenated alkanes) is 1. The Morgan fingerprint density at radius 2 is 2.22 bits per heavy atom. The summed E-state index contributed by atoms with van der Waals surface area (Å²) in [5.74, 6) is -2.45. The number of ketones is 1. The number of phosphoric acid groups is 1. The maximum absolute atomic E-state index is 11.8. The van der Waals surface area contributed by atoms with Crippen molar-refractivity contribution in [2.24, 2.45) is 11.8 Å². The van der Waals surface area contributed by atoms with Gasteiger partial charge in [-0.3, -0.25) is 14.1 Å². The van der Waals surface area contributed by atoms with Crippen LogP contribution in [0.2, 0.25) is 0 Å². The largest absolute Gasteiger partial charge is 0.469 e. The Morgan fingerprint density at radius 1 is 1.56 bits per heavy atom. The fourth-order valence-corrected chi connectivity index (χ4v) is 2.19. The molecule has 0 spiro atoms. The quantitative estimate of drug-likeness (QED) is 0.400. The molecule has 1 heterocycles. The lowest BCUT2D eigenvalue weighted by Crippen LogP contribution is -2.28. The van der Waals surface area contributed by atoms with Gasteiger partial charge >= 0.3 is 13.8 Å². The molecular weight excluding hydrogens is 263 g/mol. The summed E-state index contributed by atoms with van der Waals surface area (Å²) in [5, 5.41) is 0. The highest BCUT2D eigenvalue weighted by molar-refractivity contribution is 7.46. The molecule has 7 nitrogen and oxygen atoms in total. The van der Waals surface area contributed by atoms with E-state index in [4.69, 9.17) is 14.5 Å². The summed E-state index contributed by atoms with van der Waals surface area (Å²) in [6.45, 7) is 1.52. The summed E-state index contributed by atoms with van der Waals surface area (Å²) in [6.07, 6.45) is 1.77. The van der Waals surface area contributed by atoms with Crippen LogP contribution in [-0.4, -0.2) is 34.8 Å². The number of ether oxygens (including phenoxy) is 1. The first-order valence-corrected chi connectivity index (χ1v) is 7.27. The van der Waals surface area contributed by atoms with Crippen molar-refractivity contribution >= 4 is 19.6 Å². The van der Waals surface area contributed by atoms with Crippen LogP contribution in [0.4, 0.5) is 0 Å². The number of hydrogen-bond acceptors (Lipinski definition) is 5. The van der Waals surface area contributed by atoms with Crippen LogP contribution in [0.15, 0.2) is 0 Å². The highest BCUT2D eigenvalue weighted by atomic mass is 31.2. The normalized spacial score (nSPS) is 24.1. The Kier molecular flexibility index (Phi) is 5.47. The fraction of sp³-hybridized carbons (Fsp3) is 0.800. The van der Waals surface area contributed by atoms with Gasteiger partial charge in [-0.1, -0.05) is 13.3 Å². The topological polar surface area (TPSA) is 110 Å². The van der Waals surface area contributed by atoms with Crippen molar-refractivity contribution in [2.75, 3.05) is 13.2 Å². The minimum atomic E-state index is -4.59. The van der Waals surface area contributed by atoms with Crippen molar-refractivity contribution in [3.63, 3.8) is 0 Å². The zero-order valence-electron chi connectivity index (χ0n) is 10.1. The first kappa shape index (κ1) is 15.3. The molecule has 0 radical (unpaired) electrons. The second-order valence-electron chi connectivity index (χ2n) is 4.22. The highest BCUT2D eigenvalue weighted by Gasteiger charge is 2.42. The zero-order valence-corrected chi connectivity index (χ0v) is 11.0. The van der Waals surface area contributed by atoms with Crippen LogP contribution in [0.3, 0.4) is 0 Å². The van der Waals surface area contributed by atoms with Gasteiger partial charge in [0.05, 0.1) is 13.2 Å². The minimum Gasteiger partial charge on any atom is -0.465 e. The van der Waals surface area contributed by atoms with Crippen LogP contribution in [0.25, 0.3) is 0 Å². The summed E-state index contributed by atoms with van der Waals surface area (Å²) < 4.78 is 19.7. The number of carbonyl (C=O) groups is 2. The molecule has 1 aliphatic heterocycles. The molecule has 0 saturated carbocycles. The second-order valence-corrected chi connectivity index (χ2v) is 5.46. The van der Waals surface area contributed by atoms with Crippen molar-refractivity contribution < 1.29 is 33.2 Å². The van der Waals surface area contributed by atoms with Gasteiger partial charge in [-0.25, -0.2) is 4.57 Å². The molecule has 1 aliphatic rings. The van der Waals surface area contributed by atoms with E-state index < -0.39 is 25.6 Å². The predicted octanol–water partition coefficient (Wildman–Crippen LogP) is 0.644. The number of esters is 1. The summed E-state index contributed by atoms with van der Waals surface area (Å²) in [5.41, 5.74) is 0. The van der Waals surface area contributed by atoms with Crippen molar-refractivity contribution in [3.8, 4) is 0 Å². The third kappa shape index (κ3) is 4.49. The van der Waals surface area contributed by atoms with Gasteiger partial charge in [-0.2, -0.15) is 0 Å². The van der Waals surface area contributed by atoms with E-state index in [0.29, 0.717) is 6.42 Å². The summed E-state index contributed by atoms with van der Waals surface area (Å²) >= 11 is 0. The van der Waals surface area contributed by atoms with Crippen molar-refractivity contribution in [1.82, 2.24) is 0 Å². The number of hydrogen-bond donors (Lipinski definition) is 2. The van der Waals surface area contributed by atoms with E-state index in [1.807, 2.05) is 6.92 Å². The molecular formula is C10H17O7P. The highest BCUT2D eigenvalue weighted by Crippen LogP contribution is 2.38. The maximum Gasteiger partial charge on any atom is 0.469 e. The molecule has 0 aromatic carbocycles. The standard InChI is InChI=1S/C10H17O7P/c1-2-3-4-8(11)9-7(5-16-10(9)12)6-17-18(13,14)15/h7,9H,2-6H2,1H3,(H2,13,14,15). The van der Waals surface area contributed by atoms with Crippen molar-refractivity contribution in [2.45, 2.75) is 26.2 Å². The van der Waals surface area contributed by atoms with Crippen LogP contribution < -0.4 is 0 Å². The zero-order chi connectivity index (χ0) is 13.8. The molecule has 8 heteroatoms. The van der Waals surface area contributed by atoms with Crippen LogP contribution in [0.1, 0.15) is 26.2 Å². The van der Waals surface area contributed by atoms with Crippen molar-refractivity contribution in [3.05, 3.63) is 0 Å². The van der Waals surface area contributed by atoms with Crippen LogP contribution in [0.5, 0.6) is 0 Å². The van der Waals surface area contributed by atoms with Gasteiger partial charge in [-0.15, -0.1) is 0 Å². The van der Waals surface area contributed by atoms with Gasteiger partial charge in [0, 0.05) is 12.3 Å². The van der Waals surface area contributed by atoms with E-state index in [0.717, 1.165) is 6.42 Å². The molecule has 2 atom stereocenters. The molecule has 1 saturated heterocycles. The monoisotopic (exact) mass is 280 g/mol. The third-order valence-corrected chi connectivity index (χ3v) is 3.23. The fourth-order valence-electron chi connectivity index (χ4n) is 1.81. The molecule has 1 fully saturated rings. The van der Waals surface area contributed by atoms with Gasteiger partial charge in [0.25, 0.3) is 0 Å². The summed E-state index contributed by atoms with van der Waals surface area (Å²) in [7, 11) is -4.59. The van der Waals surface area contributed by atoms with Crippen LogP contribution in [-0.2, 0) is 23.4 Å². The smallest absolute Gasteiger partial charge is 0.465 e. The van der Waals surface area contributed by atoms with E-state index in [9.17, 15) is 14.2 Å². The molecule has 0 aromatic rings. The average Bonchev–Trinajstić information content (AvgIpc) is 2.64. The average molecular weight is 280 g/mol. The second kappa shape index (κ2) is 6.43. The lowest BCUT2D eigenvalue weighted by molar-refractivity contribution is -0.144. The van der Waals surface area contributed by atoms with E-state index >= 15 is 0 Å². The lowest BCUT2D eigenvalue weighted by Gasteiger charge is -2.14. The molecule has 1 rings (SSSR count). The summed E-state index contributed by atoms with van der Waals surface area (Å²) in [4.78, 5) is 40.4. The molecule has 104 valence electrons. The Hall–Kier alpha value is -0.750. The first-order valence-electron chi connectivity index (χ1n) is 5.74. The maximum atomic E-state index is 11.8. The molecule has 2 N–H and O–H groups in total. The molecule has 0 aromatic heterocycles. The van der Waals surface area contributed by atoms with E-state index in [-0.39, 0.29) is 25.4 Å². The number of Topliss-reactive ketones (excluding diaryl/α,β-unsaturated/α-hetero) is 1. The number of carbonyl (C=O) groups excluding carboxylic acids is 2. The van der Waals surface area contributed by atoms with Crippen molar-refractivity contribution in [1.29, 1.82) is 0 Å². The van der Waals surface area contributed by atoms with E-state index in [1.54, 1.807) is 0 Å². The minimum absolute atomic E-state index is 0.0403. The molecule has 0 aliphatic carbocycles. The Bertz CT molecular complexity index is 361. The lowest BCUT2D eigenvalue weighted by atomic mass is 9.89. The van der Waals surface area contributed by atoms with Crippen LogP contribution >= 0.6 is 7.82 Å². The van der Waals surface area contributed by atoms with E-state index in [2.05, 4.69) is 4.52 Å². The number of cyclic esters (lactones) is 1. The van der Waals surface area contributed by atoms with Crippen LogP contribution in [0, 0.1) is 11.8 Å². The molecule has 0 amide bonds. The SMILES string of the molecule is CCCCC(=O)C1C(=O)OCC1COP(=O)(O)O. The Labute approximate surface area is 105 Å². The van der Waals surface area contributed by atoms with Gasteiger partial charge in [0.2, 0.25) is 0 Å². The van der Waals surface area contributed by atoms with E-state index in [1.165, 1.54) is 0 Å². The van der Waals surface area contributed by atoms with Gasteiger partial charge in [-0.05, 0) is 6.42 Å². The summed E-state index contributed by atoms with van der Waals surface area (Å²) in [6, 6.07) is 0. The van der Waals surface area contributed by atoms with Gasteiger partial charge in [0.15, 0.2) is 0 Å². The Balaban J connectivity index is 2.58. The van der Waals surface area contributed by atoms with Gasteiger partial charge < -0.3 is 14.5 Å². The number of rotatable bonds is 7. The first-order chi connectivity index (χ1) is 8.35.